The second-order valence-corrected chi connectivity index (χ2v) is 6.80. The molecule has 0 aliphatic carbocycles. The Morgan fingerprint density at radius 3 is 2.32 bits per heavy atom. The molecule has 5 heteroatoms. The molecule has 1 saturated heterocycles. The molecule has 0 atom stereocenters. The molecule has 0 aromatic heterocycles. The fourth-order valence-corrected chi connectivity index (χ4v) is 3.11. The number of carbonyl (C=O) groups excluding carboxylic acids is 2. The van der Waals surface area contributed by atoms with Crippen molar-refractivity contribution in [3.63, 3.8) is 0 Å². The Morgan fingerprint density at radius 1 is 1.08 bits per heavy atom. The van der Waals surface area contributed by atoms with E-state index in [1.54, 1.807) is 0 Å². The lowest BCUT2D eigenvalue weighted by atomic mass is 10.0. The van der Waals surface area contributed by atoms with Gasteiger partial charge in [-0.15, -0.1) is 12.4 Å². The third-order valence-electron chi connectivity index (χ3n) is 4.80. The van der Waals surface area contributed by atoms with Crippen LogP contribution >= 0.6 is 12.4 Å². The number of piperidine rings is 1. The molecule has 0 radical (unpaired) electrons. The van der Waals surface area contributed by atoms with Crippen LogP contribution in [0.1, 0.15) is 67.8 Å². The summed E-state index contributed by atoms with van der Waals surface area (Å²) in [5.74, 6) is 0.128. The van der Waals surface area contributed by atoms with Gasteiger partial charge < -0.3 is 10.6 Å². The number of amides is 1. The minimum atomic E-state index is 0. The van der Waals surface area contributed by atoms with Gasteiger partial charge in [-0.3, -0.25) is 9.59 Å². The van der Waals surface area contributed by atoms with Gasteiger partial charge in [-0.05, 0) is 31.2 Å². The maximum Gasteiger partial charge on any atom is 0.223 e. The van der Waals surface area contributed by atoms with Crippen molar-refractivity contribution in [2.45, 2.75) is 64.3 Å². The van der Waals surface area contributed by atoms with Crippen LogP contribution in [0.15, 0.2) is 24.3 Å². The van der Waals surface area contributed by atoms with Crippen molar-refractivity contribution in [1.29, 1.82) is 0 Å². The molecule has 4 nitrogen and oxygen atoms in total. The number of ketones is 1. The summed E-state index contributed by atoms with van der Waals surface area (Å²) in [6.07, 6.45) is 7.02. The van der Waals surface area contributed by atoms with Crippen LogP contribution in [0.5, 0.6) is 0 Å². The second-order valence-electron chi connectivity index (χ2n) is 6.80. The summed E-state index contributed by atoms with van der Waals surface area (Å²) >= 11 is 0. The van der Waals surface area contributed by atoms with Crippen molar-refractivity contribution in [2.24, 2.45) is 5.73 Å². The lowest BCUT2D eigenvalue weighted by Crippen LogP contribution is -2.42. The SMILES string of the molecule is CCCCCc1ccc(C(=O)CCC(=O)N2CCC(N)CC2)cc1.Cl. The molecule has 2 N–H and O–H groups in total. The predicted molar refractivity (Wildman–Crippen MR) is 104 cm³/mol. The molecule has 0 spiro atoms. The van der Waals surface area contributed by atoms with Gasteiger partial charge in [0.1, 0.15) is 0 Å². The van der Waals surface area contributed by atoms with Crippen molar-refractivity contribution in [1.82, 2.24) is 4.90 Å². The summed E-state index contributed by atoms with van der Waals surface area (Å²) in [5, 5.41) is 0. The average molecular weight is 367 g/mol. The first kappa shape index (κ1) is 21.7. The van der Waals surface area contributed by atoms with Crippen LogP contribution in [0.3, 0.4) is 0 Å². The van der Waals surface area contributed by atoms with Crippen molar-refractivity contribution in [2.75, 3.05) is 13.1 Å². The fraction of sp³-hybridized carbons (Fsp3) is 0.600. The number of benzene rings is 1. The van der Waals surface area contributed by atoms with E-state index in [4.69, 9.17) is 5.73 Å². The number of halogens is 1. The molecule has 1 aliphatic rings. The Hall–Kier alpha value is -1.39. The Bertz CT molecular complexity index is 537. The van der Waals surface area contributed by atoms with E-state index in [1.807, 2.05) is 29.2 Å². The zero-order valence-corrected chi connectivity index (χ0v) is 16.0. The van der Waals surface area contributed by atoms with E-state index in [2.05, 4.69) is 6.92 Å². The highest BCUT2D eigenvalue weighted by Gasteiger charge is 2.21. The first-order chi connectivity index (χ1) is 11.6. The van der Waals surface area contributed by atoms with Crippen LogP contribution in [-0.2, 0) is 11.2 Å². The molecule has 25 heavy (non-hydrogen) atoms. The maximum absolute atomic E-state index is 12.3. The van der Waals surface area contributed by atoms with Gasteiger partial charge in [-0.2, -0.15) is 0 Å². The van der Waals surface area contributed by atoms with Crippen LogP contribution in [0, 0.1) is 0 Å². The predicted octanol–water partition coefficient (Wildman–Crippen LogP) is 3.75. The lowest BCUT2D eigenvalue weighted by molar-refractivity contribution is -0.132. The zero-order chi connectivity index (χ0) is 17.4. The molecule has 1 aromatic carbocycles. The molecule has 1 amide bonds. The Labute approximate surface area is 157 Å². The minimum absolute atomic E-state index is 0. The van der Waals surface area contributed by atoms with E-state index >= 15 is 0 Å². The van der Waals surface area contributed by atoms with Crippen molar-refractivity contribution in [3.8, 4) is 0 Å². The van der Waals surface area contributed by atoms with Gasteiger partial charge in [0.2, 0.25) is 5.91 Å². The van der Waals surface area contributed by atoms with Gasteiger partial charge in [0.05, 0.1) is 0 Å². The second kappa shape index (κ2) is 11.3. The van der Waals surface area contributed by atoms with E-state index < -0.39 is 0 Å². The van der Waals surface area contributed by atoms with E-state index in [-0.39, 0.29) is 36.6 Å². The van der Waals surface area contributed by atoms with E-state index in [9.17, 15) is 9.59 Å². The molecule has 1 aromatic rings. The topological polar surface area (TPSA) is 63.4 Å². The molecular formula is C20H31ClN2O2. The van der Waals surface area contributed by atoms with Gasteiger partial charge in [-0.1, -0.05) is 44.0 Å². The molecule has 1 fully saturated rings. The number of hydrogen-bond acceptors (Lipinski definition) is 3. The highest BCUT2D eigenvalue weighted by atomic mass is 35.5. The summed E-state index contributed by atoms with van der Waals surface area (Å²) in [7, 11) is 0. The van der Waals surface area contributed by atoms with Gasteiger partial charge in [0.15, 0.2) is 5.78 Å². The van der Waals surface area contributed by atoms with Crippen molar-refractivity contribution >= 4 is 24.1 Å². The zero-order valence-electron chi connectivity index (χ0n) is 15.2. The lowest BCUT2D eigenvalue weighted by Gasteiger charge is -2.30. The number of nitrogens with two attached hydrogens (primary N) is 1. The van der Waals surface area contributed by atoms with E-state index in [1.165, 1.54) is 24.8 Å². The van der Waals surface area contributed by atoms with Gasteiger partial charge in [0.25, 0.3) is 0 Å². The first-order valence-electron chi connectivity index (χ1n) is 9.25. The highest BCUT2D eigenvalue weighted by molar-refractivity contribution is 5.98. The smallest absolute Gasteiger partial charge is 0.223 e. The van der Waals surface area contributed by atoms with Gasteiger partial charge in [0, 0.05) is 37.5 Å². The Kier molecular flexibility index (Phi) is 9.76. The number of Topliss-reactive ketones (excluding diaryl/α,β-unsaturated/α-hetero) is 1. The van der Waals surface area contributed by atoms with Gasteiger partial charge in [-0.25, -0.2) is 0 Å². The quantitative estimate of drug-likeness (QED) is 0.562. The normalized spacial score (nSPS) is 14.9. The van der Waals surface area contributed by atoms with Crippen molar-refractivity contribution < 1.29 is 9.59 Å². The molecular weight excluding hydrogens is 336 g/mol. The molecule has 0 unspecified atom stereocenters. The number of unbranched alkanes of at least 4 members (excludes halogenated alkanes) is 2. The number of aryl methyl sites for hydroxylation is 1. The van der Waals surface area contributed by atoms with Crippen LogP contribution < -0.4 is 5.73 Å². The minimum Gasteiger partial charge on any atom is -0.343 e. The largest absolute Gasteiger partial charge is 0.343 e. The molecule has 140 valence electrons. The number of likely N-dealkylation sites (tertiary alicyclic amines) is 1. The standard InChI is InChI=1S/C20H30N2O2.ClH/c1-2-3-4-5-16-6-8-17(9-7-16)19(23)10-11-20(24)22-14-12-18(21)13-15-22;/h6-9,18H,2-5,10-15,21H2,1H3;1H. The van der Waals surface area contributed by atoms with Crippen LogP contribution in [0.4, 0.5) is 0 Å². The van der Waals surface area contributed by atoms with E-state index in [0.717, 1.165) is 32.4 Å². The third-order valence-corrected chi connectivity index (χ3v) is 4.80. The average Bonchev–Trinajstić information content (AvgIpc) is 2.61. The van der Waals surface area contributed by atoms with Crippen LogP contribution in [-0.4, -0.2) is 35.7 Å². The highest BCUT2D eigenvalue weighted by Crippen LogP contribution is 2.14. The number of hydrogen-bond donors (Lipinski definition) is 1. The molecule has 2 rings (SSSR count). The molecule has 0 saturated carbocycles. The van der Waals surface area contributed by atoms with Crippen LogP contribution in [0.25, 0.3) is 0 Å². The Morgan fingerprint density at radius 2 is 1.72 bits per heavy atom. The monoisotopic (exact) mass is 366 g/mol. The Balaban J connectivity index is 0.00000312. The fourth-order valence-electron chi connectivity index (χ4n) is 3.11. The summed E-state index contributed by atoms with van der Waals surface area (Å²) < 4.78 is 0. The number of carbonyl (C=O) groups is 2. The number of nitrogens with zero attached hydrogens (tertiary/aromatic N) is 1. The molecule has 0 bridgehead atoms. The maximum atomic E-state index is 12.3. The number of rotatable bonds is 8. The van der Waals surface area contributed by atoms with Crippen molar-refractivity contribution in [3.05, 3.63) is 35.4 Å². The van der Waals surface area contributed by atoms with Gasteiger partial charge >= 0.3 is 0 Å². The van der Waals surface area contributed by atoms with E-state index in [0.29, 0.717) is 12.0 Å². The molecule has 1 heterocycles. The third kappa shape index (κ3) is 7.17. The summed E-state index contributed by atoms with van der Waals surface area (Å²) in [4.78, 5) is 26.3. The first-order valence-corrected chi connectivity index (χ1v) is 9.25. The summed E-state index contributed by atoms with van der Waals surface area (Å²) in [5.41, 5.74) is 7.84. The molecule has 1 aliphatic heterocycles. The summed E-state index contributed by atoms with van der Waals surface area (Å²) in [6.45, 7) is 3.64. The van der Waals surface area contributed by atoms with Crippen LogP contribution in [0.2, 0.25) is 0 Å². The summed E-state index contributed by atoms with van der Waals surface area (Å²) in [6, 6.07) is 8.08.